The van der Waals surface area contributed by atoms with E-state index in [4.69, 9.17) is 23.2 Å². The predicted molar refractivity (Wildman–Crippen MR) is 102 cm³/mol. The van der Waals surface area contributed by atoms with E-state index >= 15 is 0 Å². The van der Waals surface area contributed by atoms with E-state index in [0.29, 0.717) is 22.2 Å². The second kappa shape index (κ2) is 7.56. The Kier molecular flexibility index (Phi) is 5.42. The maximum atomic E-state index is 12.1. The van der Waals surface area contributed by atoms with Gasteiger partial charge in [-0.2, -0.15) is 5.10 Å². The third kappa shape index (κ3) is 4.40. The van der Waals surface area contributed by atoms with Crippen molar-refractivity contribution in [1.82, 2.24) is 10.3 Å². The lowest BCUT2D eigenvalue weighted by molar-refractivity contribution is -0.122. The second-order valence-electron chi connectivity index (χ2n) is 6.31. The van der Waals surface area contributed by atoms with E-state index in [1.807, 2.05) is 0 Å². The van der Waals surface area contributed by atoms with Gasteiger partial charge in [-0.25, -0.2) is 5.43 Å². The molecule has 1 aliphatic rings. The molecule has 25 heavy (non-hydrogen) atoms. The molecular weight excluding hydrogens is 357 g/mol. The molecule has 0 unspecified atom stereocenters. The quantitative estimate of drug-likeness (QED) is 0.646. The van der Waals surface area contributed by atoms with Crippen molar-refractivity contribution < 1.29 is 4.79 Å². The number of hydrazone groups is 1. The molecule has 0 radical (unpaired) electrons. The van der Waals surface area contributed by atoms with Gasteiger partial charge in [0.2, 0.25) is 0 Å². The average Bonchev–Trinajstić information content (AvgIpc) is 2.91. The number of carbonyl (C=O) groups is 1. The highest BCUT2D eigenvalue weighted by atomic mass is 35.5. The molecule has 0 aliphatic carbocycles. The lowest BCUT2D eigenvalue weighted by Crippen LogP contribution is -2.32. The van der Waals surface area contributed by atoms with Crippen molar-refractivity contribution in [2.75, 3.05) is 6.54 Å². The molecule has 6 heteroatoms. The molecule has 1 amide bonds. The molecule has 0 atom stereocenters. The fourth-order valence-corrected chi connectivity index (χ4v) is 3.36. The molecule has 4 nitrogen and oxygen atoms in total. The van der Waals surface area contributed by atoms with Crippen molar-refractivity contribution in [1.29, 1.82) is 0 Å². The summed E-state index contributed by atoms with van der Waals surface area (Å²) in [5, 5.41) is 5.03. The van der Waals surface area contributed by atoms with Crippen LogP contribution in [0.15, 0.2) is 35.4 Å². The van der Waals surface area contributed by atoms with Crippen LogP contribution in [-0.2, 0) is 17.9 Å². The maximum Gasteiger partial charge on any atom is 0.254 e. The van der Waals surface area contributed by atoms with Crippen LogP contribution in [0.3, 0.4) is 0 Å². The molecule has 130 valence electrons. The molecule has 0 fully saturated rings. The van der Waals surface area contributed by atoms with Gasteiger partial charge in [-0.3, -0.25) is 9.69 Å². The van der Waals surface area contributed by atoms with Gasteiger partial charge in [-0.1, -0.05) is 41.4 Å². The Hall–Kier alpha value is -1.88. The number of nitrogens with one attached hydrogen (secondary N) is 1. The summed E-state index contributed by atoms with van der Waals surface area (Å²) < 4.78 is 0. The number of amides is 1. The first-order valence-electron chi connectivity index (χ1n) is 8.00. The molecular formula is C19H19Cl2N3O. The number of halogens is 2. The smallest absolute Gasteiger partial charge is 0.254 e. The van der Waals surface area contributed by atoms with E-state index in [9.17, 15) is 4.79 Å². The Morgan fingerprint density at radius 1 is 1.16 bits per heavy atom. The molecule has 0 bridgehead atoms. The fraction of sp³-hybridized carbons (Fsp3) is 0.263. The largest absolute Gasteiger partial charge is 0.286 e. The summed E-state index contributed by atoms with van der Waals surface area (Å²) in [6.45, 7) is 6.11. The molecule has 2 aromatic rings. The molecule has 0 aromatic heterocycles. The van der Waals surface area contributed by atoms with Gasteiger partial charge in [0.1, 0.15) is 0 Å². The van der Waals surface area contributed by atoms with E-state index in [-0.39, 0.29) is 5.91 Å². The summed E-state index contributed by atoms with van der Waals surface area (Å²) in [7, 11) is 0. The molecule has 3 rings (SSSR count). The molecule has 1 N–H and O–H groups in total. The first-order chi connectivity index (χ1) is 11.9. The first-order valence-corrected chi connectivity index (χ1v) is 8.76. The Morgan fingerprint density at radius 3 is 2.40 bits per heavy atom. The number of hydrogen-bond acceptors (Lipinski definition) is 3. The number of aryl methyl sites for hydroxylation is 2. The molecule has 0 saturated carbocycles. The number of nitrogens with zero attached hydrogens (tertiary/aromatic N) is 2. The molecule has 0 saturated heterocycles. The van der Waals surface area contributed by atoms with Crippen LogP contribution in [0.4, 0.5) is 0 Å². The van der Waals surface area contributed by atoms with Gasteiger partial charge in [0.05, 0.1) is 17.8 Å². The monoisotopic (exact) mass is 375 g/mol. The van der Waals surface area contributed by atoms with Crippen LogP contribution in [0.1, 0.15) is 27.8 Å². The number of fused-ring (bicyclic) bond motifs is 1. The lowest BCUT2D eigenvalue weighted by atomic mass is 10.0. The summed E-state index contributed by atoms with van der Waals surface area (Å²) >= 11 is 11.9. The molecule has 1 heterocycles. The first kappa shape index (κ1) is 17.9. The number of rotatable bonds is 4. The van der Waals surface area contributed by atoms with E-state index < -0.39 is 0 Å². The van der Waals surface area contributed by atoms with Gasteiger partial charge in [0.15, 0.2) is 0 Å². The zero-order valence-corrected chi connectivity index (χ0v) is 15.7. The van der Waals surface area contributed by atoms with Crippen LogP contribution < -0.4 is 5.43 Å². The van der Waals surface area contributed by atoms with Crippen LogP contribution >= 0.6 is 23.2 Å². The Labute approximate surface area is 157 Å². The van der Waals surface area contributed by atoms with Crippen LogP contribution in [0.25, 0.3) is 0 Å². The van der Waals surface area contributed by atoms with Crippen LogP contribution in [-0.4, -0.2) is 23.6 Å². The zero-order chi connectivity index (χ0) is 18.0. The van der Waals surface area contributed by atoms with Crippen molar-refractivity contribution in [3.05, 3.63) is 68.2 Å². The third-order valence-corrected chi connectivity index (χ3v) is 4.89. The van der Waals surface area contributed by atoms with Crippen LogP contribution in [0, 0.1) is 13.8 Å². The summed E-state index contributed by atoms with van der Waals surface area (Å²) in [6, 6.07) is 9.54. The van der Waals surface area contributed by atoms with Crippen molar-refractivity contribution in [3.63, 3.8) is 0 Å². The third-order valence-electron chi connectivity index (χ3n) is 4.33. The van der Waals surface area contributed by atoms with E-state index in [1.54, 1.807) is 18.2 Å². The summed E-state index contributed by atoms with van der Waals surface area (Å²) in [6.07, 6.45) is 1.52. The van der Waals surface area contributed by atoms with E-state index in [0.717, 1.165) is 13.1 Å². The average molecular weight is 376 g/mol. The minimum Gasteiger partial charge on any atom is -0.286 e. The highest BCUT2D eigenvalue weighted by Gasteiger charge is 2.21. The van der Waals surface area contributed by atoms with Crippen molar-refractivity contribution >= 4 is 35.3 Å². The fourth-order valence-electron chi connectivity index (χ4n) is 2.90. The number of benzene rings is 2. The van der Waals surface area contributed by atoms with Crippen molar-refractivity contribution in [2.24, 2.45) is 5.10 Å². The van der Waals surface area contributed by atoms with E-state index in [2.05, 4.69) is 41.4 Å². The van der Waals surface area contributed by atoms with Gasteiger partial charge in [-0.05, 0) is 48.2 Å². The normalized spacial score (nSPS) is 14.1. The summed E-state index contributed by atoms with van der Waals surface area (Å²) in [5.41, 5.74) is 8.42. The Bertz CT molecular complexity index is 818. The predicted octanol–water partition coefficient (Wildman–Crippen LogP) is 4.08. The van der Waals surface area contributed by atoms with Gasteiger partial charge < -0.3 is 0 Å². The Morgan fingerprint density at radius 2 is 1.80 bits per heavy atom. The van der Waals surface area contributed by atoms with Gasteiger partial charge in [-0.15, -0.1) is 0 Å². The second-order valence-corrected chi connectivity index (χ2v) is 7.15. The van der Waals surface area contributed by atoms with Gasteiger partial charge in [0.25, 0.3) is 5.91 Å². The van der Waals surface area contributed by atoms with Gasteiger partial charge in [0, 0.05) is 23.7 Å². The SMILES string of the molecule is Cc1cc2c(cc1C)CN(CC(=O)N/N=C\c1ccc(Cl)cc1Cl)C2. The standard InChI is InChI=1S/C19H19Cl2N3O/c1-12-5-15-9-24(10-16(15)6-13(12)2)11-19(25)23-22-8-14-3-4-17(20)7-18(14)21/h3-8H,9-11H2,1-2H3,(H,23,25)/b22-8-. The van der Waals surface area contributed by atoms with Crippen molar-refractivity contribution in [3.8, 4) is 0 Å². The summed E-state index contributed by atoms with van der Waals surface area (Å²) in [4.78, 5) is 14.2. The van der Waals surface area contributed by atoms with Gasteiger partial charge >= 0.3 is 0 Å². The topological polar surface area (TPSA) is 44.7 Å². The number of carbonyl (C=O) groups excluding carboxylic acids is 1. The van der Waals surface area contributed by atoms with Crippen LogP contribution in [0.2, 0.25) is 10.0 Å². The number of hydrogen-bond donors (Lipinski definition) is 1. The zero-order valence-electron chi connectivity index (χ0n) is 14.1. The Balaban J connectivity index is 1.54. The highest BCUT2D eigenvalue weighted by Crippen LogP contribution is 2.25. The maximum absolute atomic E-state index is 12.1. The molecule has 2 aromatic carbocycles. The lowest BCUT2D eigenvalue weighted by Gasteiger charge is -2.12. The summed E-state index contributed by atoms with van der Waals surface area (Å²) in [5.74, 6) is -0.150. The van der Waals surface area contributed by atoms with Crippen molar-refractivity contribution in [2.45, 2.75) is 26.9 Å². The highest BCUT2D eigenvalue weighted by molar-refractivity contribution is 6.36. The van der Waals surface area contributed by atoms with Crippen LogP contribution in [0.5, 0.6) is 0 Å². The molecule has 1 aliphatic heterocycles. The minimum atomic E-state index is -0.150. The minimum absolute atomic E-state index is 0.150. The molecule has 0 spiro atoms. The van der Waals surface area contributed by atoms with E-state index in [1.165, 1.54) is 28.5 Å².